The van der Waals surface area contributed by atoms with Crippen molar-refractivity contribution in [1.82, 2.24) is 0 Å². The van der Waals surface area contributed by atoms with Gasteiger partial charge in [-0.25, -0.2) is 4.79 Å². The summed E-state index contributed by atoms with van der Waals surface area (Å²) in [5.74, 6) is -0.616. The maximum atomic E-state index is 15.2. The highest BCUT2D eigenvalue weighted by molar-refractivity contribution is 6.75. The molecule has 0 aromatic carbocycles. The number of aliphatic hydroxyl groups excluding tert-OH is 1. The largest absolute Gasteiger partial charge is 0.459 e. The second kappa shape index (κ2) is 23.3. The van der Waals surface area contributed by atoms with E-state index in [0.29, 0.717) is 30.8 Å². The van der Waals surface area contributed by atoms with Crippen LogP contribution in [0.3, 0.4) is 0 Å². The van der Waals surface area contributed by atoms with Gasteiger partial charge in [0.05, 0.1) is 30.0 Å². The number of unbranched alkanes of at least 4 members (excludes halogenated alkanes) is 1. The van der Waals surface area contributed by atoms with E-state index in [2.05, 4.69) is 148 Å². The van der Waals surface area contributed by atoms with Gasteiger partial charge < -0.3 is 27.9 Å². The number of esters is 1. The lowest BCUT2D eigenvalue weighted by atomic mass is 9.85. The summed E-state index contributed by atoms with van der Waals surface area (Å²) in [6, 6.07) is 0. The highest BCUT2D eigenvalue weighted by Crippen LogP contribution is 2.45. The van der Waals surface area contributed by atoms with E-state index < -0.39 is 60.9 Å². The molecule has 63 heavy (non-hydrogen) atoms. The Hall–Kier alpha value is -1.71. The van der Waals surface area contributed by atoms with E-state index in [1.165, 1.54) is 0 Å². The first-order chi connectivity index (χ1) is 28.3. The molecular weight excluding hydrogens is 837 g/mol. The van der Waals surface area contributed by atoms with Crippen molar-refractivity contribution in [1.29, 1.82) is 0 Å². The number of hydrogen-bond acceptors (Lipinski definition) is 8. The zero-order valence-corrected chi connectivity index (χ0v) is 47.3. The van der Waals surface area contributed by atoms with E-state index >= 15 is 4.79 Å². The zero-order chi connectivity index (χ0) is 49.3. The molecule has 11 heteroatoms. The molecule has 0 amide bonds. The Kier molecular flexibility index (Phi) is 22.0. The van der Waals surface area contributed by atoms with E-state index in [-0.39, 0.29) is 45.5 Å². The Morgan fingerprint density at radius 2 is 1.32 bits per heavy atom. The monoisotopic (exact) mass is 933 g/mol. The van der Waals surface area contributed by atoms with E-state index in [0.717, 1.165) is 30.4 Å². The van der Waals surface area contributed by atoms with Gasteiger partial charge in [-0.1, -0.05) is 113 Å². The Bertz CT molecular complexity index is 1610. The molecule has 0 radical (unpaired) electrons. The van der Waals surface area contributed by atoms with Crippen molar-refractivity contribution in [2.75, 3.05) is 0 Å². The van der Waals surface area contributed by atoms with E-state index in [4.69, 9.17) is 22.8 Å². The number of hydrogen-bond donors (Lipinski definition) is 1. The summed E-state index contributed by atoms with van der Waals surface area (Å²) < 4.78 is 33.3. The van der Waals surface area contributed by atoms with Crippen LogP contribution >= 0.6 is 0 Å². The molecule has 0 aromatic rings. The second-order valence-electron chi connectivity index (χ2n) is 23.8. The van der Waals surface area contributed by atoms with Crippen LogP contribution in [0.2, 0.25) is 54.4 Å². The molecule has 0 bridgehead atoms. The first kappa shape index (κ1) is 59.3. The molecule has 1 heterocycles. The van der Waals surface area contributed by atoms with Gasteiger partial charge in [-0.15, -0.1) is 13.2 Å². The van der Waals surface area contributed by atoms with E-state index in [9.17, 15) is 9.90 Å². The number of rotatable bonds is 27. The van der Waals surface area contributed by atoms with Crippen molar-refractivity contribution < 1.29 is 37.4 Å². The topological polar surface area (TPSA) is 104 Å². The Labute approximate surface area is 390 Å². The molecule has 1 aliphatic heterocycles. The fraction of sp³-hybridized carbons (Fsp3) is 0.769. The number of Topliss-reactive ketones (excluding diaryl/α,β-unsaturated/α-hetero) is 1. The third-order valence-electron chi connectivity index (χ3n) is 14.5. The average molecular weight is 934 g/mol. The fourth-order valence-electron chi connectivity index (χ4n) is 7.13. The van der Waals surface area contributed by atoms with Gasteiger partial charge in [0.2, 0.25) is 0 Å². The molecule has 0 aromatic heterocycles. The van der Waals surface area contributed by atoms with Crippen molar-refractivity contribution in [2.45, 2.75) is 245 Å². The van der Waals surface area contributed by atoms with E-state index in [1.807, 2.05) is 32.1 Å². The molecule has 1 fully saturated rings. The van der Waals surface area contributed by atoms with Gasteiger partial charge in [-0.05, 0) is 132 Å². The lowest BCUT2D eigenvalue weighted by Gasteiger charge is -2.47. The highest BCUT2D eigenvalue weighted by atomic mass is 28.4. The number of ketones is 1. The summed E-state index contributed by atoms with van der Waals surface area (Å²) >= 11 is 0. The van der Waals surface area contributed by atoms with Crippen LogP contribution < -0.4 is 0 Å². The normalized spacial score (nSPS) is 21.0. The molecule has 0 aliphatic carbocycles. The summed E-state index contributed by atoms with van der Waals surface area (Å²) in [6.07, 6.45) is 8.95. The van der Waals surface area contributed by atoms with Crippen LogP contribution in [-0.2, 0) is 32.3 Å². The molecule has 1 N–H and O–H groups in total. The highest BCUT2D eigenvalue weighted by Gasteiger charge is 2.49. The maximum absolute atomic E-state index is 15.2. The fourth-order valence-corrected chi connectivity index (χ4v) is 11.4. The number of epoxide rings is 1. The first-order valence-corrected chi connectivity index (χ1v) is 32.5. The quantitative estimate of drug-likeness (QED) is 0.0165. The number of carbonyl (C=O) groups is 2. The predicted octanol–water partition coefficient (Wildman–Crippen LogP) is 14.0. The lowest BCUT2D eigenvalue weighted by molar-refractivity contribution is -0.146. The van der Waals surface area contributed by atoms with Crippen LogP contribution in [0.4, 0.5) is 0 Å². The van der Waals surface area contributed by atoms with Crippen molar-refractivity contribution in [3.63, 3.8) is 0 Å². The lowest BCUT2D eigenvalue weighted by Crippen LogP contribution is -2.54. The first-order valence-electron chi connectivity index (χ1n) is 23.7. The van der Waals surface area contributed by atoms with Gasteiger partial charge in [-0.3, -0.25) is 4.79 Å². The van der Waals surface area contributed by atoms with Crippen molar-refractivity contribution in [2.24, 2.45) is 11.8 Å². The molecule has 1 rings (SSSR count). The minimum atomic E-state index is -2.59. The van der Waals surface area contributed by atoms with Crippen molar-refractivity contribution >= 4 is 36.7 Å². The molecular formula is C52H96O8Si3. The summed E-state index contributed by atoms with van der Waals surface area (Å²) in [5, 5.41) is 11.8. The molecule has 364 valence electrons. The van der Waals surface area contributed by atoms with Gasteiger partial charge in [0.25, 0.3) is 0 Å². The smallest absolute Gasteiger partial charge is 0.333 e. The molecule has 1 saturated heterocycles. The predicted molar refractivity (Wildman–Crippen MR) is 274 cm³/mol. The molecule has 8 nitrogen and oxygen atoms in total. The molecule has 0 saturated carbocycles. The van der Waals surface area contributed by atoms with Crippen molar-refractivity contribution in [3.8, 4) is 0 Å². The van der Waals surface area contributed by atoms with Gasteiger partial charge in [0.1, 0.15) is 12.2 Å². The summed E-state index contributed by atoms with van der Waals surface area (Å²) in [5.41, 5.74) is 1.81. The third-order valence-corrected chi connectivity index (χ3v) is 28.1. The minimum absolute atomic E-state index is 0.0440. The Morgan fingerprint density at radius 3 is 1.79 bits per heavy atom. The molecule has 0 unspecified atom stereocenters. The minimum Gasteiger partial charge on any atom is -0.459 e. The van der Waals surface area contributed by atoms with Crippen LogP contribution in [0.5, 0.6) is 0 Å². The van der Waals surface area contributed by atoms with Crippen molar-refractivity contribution in [3.05, 3.63) is 60.8 Å². The van der Waals surface area contributed by atoms with Gasteiger partial charge in [-0.2, -0.15) is 0 Å². The van der Waals surface area contributed by atoms with Crippen LogP contribution in [0.15, 0.2) is 60.8 Å². The van der Waals surface area contributed by atoms with E-state index in [1.54, 1.807) is 6.92 Å². The zero-order valence-electron chi connectivity index (χ0n) is 44.3. The standard InChI is InChI=1S/C52H96O8Si3/c1-25-27-28-29-38(5)48(55)56-41(8)33-39(6)46(54)47(59-62(21,22)50(12,13)14)43(53)34-42(58-61(19,20)49(9,10)11)35-52(18,60-63(23,24)51(15,16)17)40(7)31-36(3)30-37(4)32-45-44(26-2)57-45/h25-26,29,31,37,39,41-42,44-47,54H,1-3,27-28,30,32-35H2,4-24H3/b38-29+,40-31+/t37-,39-,41+,42-,44+,45+,46+,47+,52-/m1/s1. The molecule has 1 aliphatic rings. The number of carbonyl (C=O) groups excluding carboxylic acids is 2. The van der Waals surface area contributed by atoms with Crippen LogP contribution in [0, 0.1) is 11.8 Å². The SMILES string of the molecule is C=CCC/C=C(\C)C(=O)O[C@@H](C)C[C@@H](C)[C@H](O)[C@@H](O[Si](C)(C)C(C)(C)C)C(=O)C[C@H](C[C@@](C)(O[Si](C)(C)C(C)(C)C)/C(C)=C/C(=C)C[C@@H](C)C[C@@H]1O[C@H]1C=C)O[Si](C)(C)C(C)(C)C. The van der Waals surface area contributed by atoms with Gasteiger partial charge in [0, 0.05) is 18.4 Å². The molecule has 0 spiro atoms. The Morgan fingerprint density at radius 1 is 0.794 bits per heavy atom. The third kappa shape index (κ3) is 18.5. The van der Waals surface area contributed by atoms with Crippen LogP contribution in [0.25, 0.3) is 0 Å². The second-order valence-corrected chi connectivity index (χ2v) is 38.1. The average Bonchev–Trinajstić information content (AvgIpc) is 3.85. The summed E-state index contributed by atoms with van der Waals surface area (Å²) in [7, 11) is -7.44. The van der Waals surface area contributed by atoms with Crippen LogP contribution in [-0.4, -0.2) is 84.0 Å². The Balaban J connectivity index is 3.78. The van der Waals surface area contributed by atoms with Crippen LogP contribution in [0.1, 0.15) is 149 Å². The summed E-state index contributed by atoms with van der Waals surface area (Å²) in [6.45, 7) is 57.2. The van der Waals surface area contributed by atoms with Gasteiger partial charge >= 0.3 is 5.97 Å². The number of allylic oxidation sites excluding steroid dienone is 4. The number of ether oxygens (including phenoxy) is 2. The molecule has 9 atom stereocenters. The van der Waals surface area contributed by atoms with Gasteiger partial charge in [0.15, 0.2) is 30.7 Å². The maximum Gasteiger partial charge on any atom is 0.333 e. The number of aliphatic hydroxyl groups is 1. The summed E-state index contributed by atoms with van der Waals surface area (Å²) in [4.78, 5) is 28.1.